The summed E-state index contributed by atoms with van der Waals surface area (Å²) in [4.78, 5) is 1.06. The van der Waals surface area contributed by atoms with Gasteiger partial charge in [0.05, 0.1) is 0 Å². The molecule has 0 radical (unpaired) electrons. The maximum Gasteiger partial charge on any atom is 0.165 e. The number of nitrogens with one attached hydrogen (secondary N) is 1. The Morgan fingerprint density at radius 1 is 1.44 bits per heavy atom. The Morgan fingerprint density at radius 3 is 2.94 bits per heavy atom. The Labute approximate surface area is 118 Å². The second-order valence-electron chi connectivity index (χ2n) is 3.78. The molecule has 0 atom stereocenters. The molecule has 0 fully saturated rings. The Kier molecular flexibility index (Phi) is 4.74. The fourth-order valence-electron chi connectivity index (χ4n) is 1.62. The minimum absolute atomic E-state index is 0.321. The molecule has 0 unspecified atom stereocenters. The smallest absolute Gasteiger partial charge is 0.165 e. The van der Waals surface area contributed by atoms with Crippen LogP contribution in [0.25, 0.3) is 0 Å². The molecular weight excluding hydrogens is 317 g/mol. The Bertz CT molecular complexity index is 529. The molecule has 0 amide bonds. The third-order valence-corrected chi connectivity index (χ3v) is 4.07. The molecule has 0 spiro atoms. The Morgan fingerprint density at radius 2 is 2.28 bits per heavy atom. The summed E-state index contributed by atoms with van der Waals surface area (Å²) in [6.45, 7) is 0.967. The lowest BCUT2D eigenvalue weighted by Crippen LogP contribution is -2.08. The van der Waals surface area contributed by atoms with Gasteiger partial charge in [0, 0.05) is 26.8 Å². The van der Waals surface area contributed by atoms with Crippen LogP contribution in [-0.2, 0) is 13.2 Å². The van der Waals surface area contributed by atoms with Gasteiger partial charge in [-0.2, -0.15) is 0 Å². The molecule has 1 N–H and O–H groups in total. The summed E-state index contributed by atoms with van der Waals surface area (Å²) >= 11 is 4.97. The van der Waals surface area contributed by atoms with Gasteiger partial charge in [-0.05, 0) is 35.1 Å². The summed E-state index contributed by atoms with van der Waals surface area (Å²) in [5, 5.41) is 4.98. The Balaban J connectivity index is 2.12. The second kappa shape index (κ2) is 6.31. The molecule has 0 aliphatic carbocycles. The van der Waals surface area contributed by atoms with Crippen LogP contribution >= 0.6 is 27.3 Å². The summed E-state index contributed by atoms with van der Waals surface area (Å²) in [5.74, 6) is 0.00902. The number of halogens is 2. The maximum absolute atomic E-state index is 13.7. The average molecular weight is 330 g/mol. The highest BCUT2D eigenvalue weighted by atomic mass is 79.9. The predicted molar refractivity (Wildman–Crippen MR) is 75.5 cm³/mol. The number of hydrogen-bond donors (Lipinski definition) is 1. The zero-order valence-corrected chi connectivity index (χ0v) is 12.3. The highest BCUT2D eigenvalue weighted by Gasteiger charge is 2.10. The summed E-state index contributed by atoms with van der Waals surface area (Å²) in [6, 6.07) is 6.94. The molecule has 2 aromatic rings. The van der Waals surface area contributed by atoms with Crippen LogP contribution in [0, 0.1) is 5.82 Å². The highest BCUT2D eigenvalue weighted by molar-refractivity contribution is 9.10. The molecule has 1 heterocycles. The largest absolute Gasteiger partial charge is 0.485 e. The van der Waals surface area contributed by atoms with Gasteiger partial charge in [-0.3, -0.25) is 0 Å². The van der Waals surface area contributed by atoms with E-state index in [4.69, 9.17) is 4.74 Å². The van der Waals surface area contributed by atoms with Gasteiger partial charge in [-0.15, -0.1) is 11.3 Å². The van der Waals surface area contributed by atoms with Crippen molar-refractivity contribution in [2.45, 2.75) is 13.2 Å². The quantitative estimate of drug-likeness (QED) is 0.896. The van der Waals surface area contributed by atoms with E-state index in [2.05, 4.69) is 21.2 Å². The van der Waals surface area contributed by atoms with Gasteiger partial charge >= 0.3 is 0 Å². The SMILES string of the molecule is CNCc1cccc(F)c1OCc1cc(Br)cs1. The number of rotatable bonds is 5. The molecule has 0 bridgehead atoms. The van der Waals surface area contributed by atoms with Crippen molar-refractivity contribution >= 4 is 27.3 Å². The first-order valence-electron chi connectivity index (χ1n) is 5.48. The van der Waals surface area contributed by atoms with E-state index in [1.165, 1.54) is 6.07 Å². The van der Waals surface area contributed by atoms with Crippen LogP contribution in [-0.4, -0.2) is 7.05 Å². The van der Waals surface area contributed by atoms with Crippen molar-refractivity contribution in [2.75, 3.05) is 7.05 Å². The Hall–Kier alpha value is -0.910. The van der Waals surface area contributed by atoms with E-state index in [1.54, 1.807) is 17.4 Å². The minimum Gasteiger partial charge on any atom is -0.485 e. The first kappa shape index (κ1) is 13.5. The predicted octanol–water partition coefficient (Wildman–Crippen LogP) is 3.95. The van der Waals surface area contributed by atoms with Gasteiger partial charge in [0.2, 0.25) is 0 Å². The third kappa shape index (κ3) is 3.31. The summed E-state index contributed by atoms with van der Waals surface area (Å²) < 4.78 is 20.3. The van der Waals surface area contributed by atoms with E-state index < -0.39 is 0 Å². The molecule has 0 saturated carbocycles. The molecule has 2 rings (SSSR count). The molecule has 1 aromatic heterocycles. The molecule has 18 heavy (non-hydrogen) atoms. The molecule has 2 nitrogen and oxygen atoms in total. The van der Waals surface area contributed by atoms with Crippen LogP contribution in [0.3, 0.4) is 0 Å². The summed E-state index contributed by atoms with van der Waals surface area (Å²) in [7, 11) is 1.82. The number of hydrogen-bond acceptors (Lipinski definition) is 3. The molecule has 0 aliphatic rings. The van der Waals surface area contributed by atoms with Gasteiger partial charge in [-0.25, -0.2) is 4.39 Å². The van der Waals surface area contributed by atoms with Crippen LogP contribution in [0.2, 0.25) is 0 Å². The zero-order chi connectivity index (χ0) is 13.0. The van der Waals surface area contributed by atoms with Crippen LogP contribution in [0.4, 0.5) is 4.39 Å². The van der Waals surface area contributed by atoms with Gasteiger partial charge in [0.25, 0.3) is 0 Å². The van der Waals surface area contributed by atoms with Gasteiger partial charge < -0.3 is 10.1 Å². The van der Waals surface area contributed by atoms with E-state index in [0.717, 1.165) is 14.9 Å². The van der Waals surface area contributed by atoms with E-state index in [1.807, 2.05) is 24.6 Å². The number of benzene rings is 1. The first-order valence-corrected chi connectivity index (χ1v) is 7.15. The van der Waals surface area contributed by atoms with Crippen molar-refractivity contribution in [2.24, 2.45) is 0 Å². The molecule has 96 valence electrons. The fourth-order valence-corrected chi connectivity index (χ4v) is 2.98. The molecular formula is C13H13BrFNOS. The summed E-state index contributed by atoms with van der Waals surface area (Å²) in [6.07, 6.45) is 0. The molecule has 0 saturated heterocycles. The molecule has 1 aromatic carbocycles. The van der Waals surface area contributed by atoms with E-state index in [0.29, 0.717) is 18.9 Å². The van der Waals surface area contributed by atoms with E-state index in [9.17, 15) is 4.39 Å². The average Bonchev–Trinajstić information content (AvgIpc) is 2.75. The van der Waals surface area contributed by atoms with Crippen molar-refractivity contribution in [3.8, 4) is 5.75 Å². The van der Waals surface area contributed by atoms with Crippen LogP contribution < -0.4 is 10.1 Å². The highest BCUT2D eigenvalue weighted by Crippen LogP contribution is 2.26. The van der Waals surface area contributed by atoms with Crippen molar-refractivity contribution in [1.29, 1.82) is 0 Å². The zero-order valence-electron chi connectivity index (χ0n) is 9.87. The lowest BCUT2D eigenvalue weighted by Gasteiger charge is -2.11. The maximum atomic E-state index is 13.7. The monoisotopic (exact) mass is 329 g/mol. The van der Waals surface area contributed by atoms with Crippen molar-refractivity contribution in [3.63, 3.8) is 0 Å². The fraction of sp³-hybridized carbons (Fsp3) is 0.231. The topological polar surface area (TPSA) is 21.3 Å². The van der Waals surface area contributed by atoms with Crippen molar-refractivity contribution < 1.29 is 9.13 Å². The van der Waals surface area contributed by atoms with E-state index >= 15 is 0 Å². The number of thiophene rings is 1. The molecule has 0 aliphatic heterocycles. The van der Waals surface area contributed by atoms with Crippen LogP contribution in [0.1, 0.15) is 10.4 Å². The van der Waals surface area contributed by atoms with Gasteiger partial charge in [0.1, 0.15) is 6.61 Å². The lowest BCUT2D eigenvalue weighted by atomic mass is 10.2. The van der Waals surface area contributed by atoms with Gasteiger partial charge in [-0.1, -0.05) is 12.1 Å². The van der Waals surface area contributed by atoms with Crippen LogP contribution in [0.15, 0.2) is 34.1 Å². The van der Waals surface area contributed by atoms with Gasteiger partial charge in [0.15, 0.2) is 11.6 Å². The van der Waals surface area contributed by atoms with E-state index in [-0.39, 0.29) is 5.82 Å². The standard InChI is InChI=1S/C13H13BrFNOS/c1-16-6-9-3-2-4-12(15)13(9)17-7-11-5-10(14)8-18-11/h2-5,8,16H,6-7H2,1H3. The minimum atomic E-state index is -0.321. The third-order valence-electron chi connectivity index (χ3n) is 2.40. The first-order chi connectivity index (χ1) is 8.70. The second-order valence-corrected chi connectivity index (χ2v) is 5.69. The van der Waals surface area contributed by atoms with Crippen molar-refractivity contribution in [1.82, 2.24) is 5.32 Å². The lowest BCUT2D eigenvalue weighted by molar-refractivity contribution is 0.289. The summed E-state index contributed by atoms with van der Waals surface area (Å²) in [5.41, 5.74) is 0.827. The van der Waals surface area contributed by atoms with Crippen LogP contribution in [0.5, 0.6) is 5.75 Å². The van der Waals surface area contributed by atoms with Crippen molar-refractivity contribution in [3.05, 3.63) is 50.4 Å². The number of ether oxygens (including phenoxy) is 1. The normalized spacial score (nSPS) is 10.6. The molecule has 5 heteroatoms. The number of para-hydroxylation sites is 1.